The molecule has 2 nitrogen and oxygen atoms in total. The Balaban J connectivity index is 1.76. The van der Waals surface area contributed by atoms with E-state index in [2.05, 4.69) is 41.7 Å². The zero-order valence-electron chi connectivity index (χ0n) is 10.5. The molecular weight excluding hydrogens is 222 g/mol. The van der Waals surface area contributed by atoms with Gasteiger partial charge in [0.25, 0.3) is 0 Å². The monoisotopic (exact) mass is 239 g/mol. The molecular formula is C16H17NO. The molecule has 1 N–H and O–H groups in total. The van der Waals surface area contributed by atoms with E-state index in [1.165, 1.54) is 16.8 Å². The van der Waals surface area contributed by atoms with Gasteiger partial charge in [-0.15, -0.1) is 0 Å². The SMILES string of the molecule is COc1ccccc1CC1Cc2ccccc2N1. The van der Waals surface area contributed by atoms with Gasteiger partial charge >= 0.3 is 0 Å². The van der Waals surface area contributed by atoms with Crippen LogP contribution in [0, 0.1) is 0 Å². The molecule has 1 heterocycles. The largest absolute Gasteiger partial charge is 0.496 e. The highest BCUT2D eigenvalue weighted by Gasteiger charge is 2.20. The maximum atomic E-state index is 5.40. The van der Waals surface area contributed by atoms with Crippen molar-refractivity contribution in [2.45, 2.75) is 18.9 Å². The number of rotatable bonds is 3. The van der Waals surface area contributed by atoms with Crippen molar-refractivity contribution in [2.24, 2.45) is 0 Å². The minimum Gasteiger partial charge on any atom is -0.496 e. The molecule has 0 saturated heterocycles. The van der Waals surface area contributed by atoms with Crippen LogP contribution in [0.3, 0.4) is 0 Å². The fourth-order valence-corrected chi connectivity index (χ4v) is 2.64. The molecule has 1 atom stereocenters. The van der Waals surface area contributed by atoms with Crippen LogP contribution in [0.15, 0.2) is 48.5 Å². The lowest BCUT2D eigenvalue weighted by atomic mass is 10.0. The molecule has 2 heteroatoms. The smallest absolute Gasteiger partial charge is 0.122 e. The number of methoxy groups -OCH3 is 1. The van der Waals surface area contributed by atoms with Crippen LogP contribution < -0.4 is 10.1 Å². The minimum atomic E-state index is 0.471. The summed E-state index contributed by atoms with van der Waals surface area (Å²) in [6.45, 7) is 0. The molecule has 3 rings (SSSR count). The lowest BCUT2D eigenvalue weighted by Crippen LogP contribution is -2.18. The first kappa shape index (κ1) is 11.1. The van der Waals surface area contributed by atoms with Gasteiger partial charge in [-0.05, 0) is 36.1 Å². The molecule has 1 aliphatic rings. The van der Waals surface area contributed by atoms with E-state index in [1.807, 2.05) is 12.1 Å². The molecule has 0 saturated carbocycles. The molecule has 0 fully saturated rings. The predicted molar refractivity (Wildman–Crippen MR) is 74.3 cm³/mol. The Bertz CT molecular complexity index is 525. The maximum absolute atomic E-state index is 5.40. The summed E-state index contributed by atoms with van der Waals surface area (Å²) in [6.07, 6.45) is 2.09. The lowest BCUT2D eigenvalue weighted by Gasteiger charge is -2.14. The second-order valence-corrected chi connectivity index (χ2v) is 4.72. The highest BCUT2D eigenvalue weighted by molar-refractivity contribution is 5.57. The van der Waals surface area contributed by atoms with E-state index < -0.39 is 0 Å². The van der Waals surface area contributed by atoms with Crippen molar-refractivity contribution in [2.75, 3.05) is 12.4 Å². The van der Waals surface area contributed by atoms with Crippen molar-refractivity contribution in [3.05, 3.63) is 59.7 Å². The Morgan fingerprint density at radius 3 is 2.72 bits per heavy atom. The van der Waals surface area contributed by atoms with Gasteiger partial charge < -0.3 is 10.1 Å². The van der Waals surface area contributed by atoms with Crippen LogP contribution in [0.25, 0.3) is 0 Å². The molecule has 18 heavy (non-hydrogen) atoms. The van der Waals surface area contributed by atoms with E-state index in [0.29, 0.717) is 6.04 Å². The molecule has 0 amide bonds. The molecule has 1 unspecified atom stereocenters. The Kier molecular flexibility index (Phi) is 2.93. The van der Waals surface area contributed by atoms with E-state index in [0.717, 1.165) is 18.6 Å². The number of nitrogens with one attached hydrogen (secondary N) is 1. The maximum Gasteiger partial charge on any atom is 0.122 e. The Labute approximate surface area is 108 Å². The number of benzene rings is 2. The van der Waals surface area contributed by atoms with Crippen LogP contribution in [0.5, 0.6) is 5.75 Å². The summed E-state index contributed by atoms with van der Waals surface area (Å²) >= 11 is 0. The van der Waals surface area contributed by atoms with Crippen molar-refractivity contribution >= 4 is 5.69 Å². The molecule has 1 aliphatic heterocycles. The molecule has 92 valence electrons. The van der Waals surface area contributed by atoms with E-state index in [1.54, 1.807) is 7.11 Å². The number of anilines is 1. The molecule has 0 radical (unpaired) electrons. The Morgan fingerprint density at radius 1 is 1.11 bits per heavy atom. The summed E-state index contributed by atoms with van der Waals surface area (Å²) in [5, 5.41) is 3.58. The van der Waals surface area contributed by atoms with Crippen molar-refractivity contribution in [1.82, 2.24) is 0 Å². The summed E-state index contributed by atoms with van der Waals surface area (Å²) in [6, 6.07) is 17.3. The third-order valence-corrected chi connectivity index (χ3v) is 3.50. The van der Waals surface area contributed by atoms with Crippen LogP contribution >= 0.6 is 0 Å². The van der Waals surface area contributed by atoms with Crippen molar-refractivity contribution in [3.63, 3.8) is 0 Å². The summed E-state index contributed by atoms with van der Waals surface area (Å²) in [4.78, 5) is 0. The first-order chi connectivity index (χ1) is 8.86. The van der Waals surface area contributed by atoms with Gasteiger partial charge in [-0.25, -0.2) is 0 Å². The fourth-order valence-electron chi connectivity index (χ4n) is 2.64. The molecule has 2 aromatic carbocycles. The van der Waals surface area contributed by atoms with Crippen LogP contribution in [0.2, 0.25) is 0 Å². The Hall–Kier alpha value is -1.96. The quantitative estimate of drug-likeness (QED) is 0.887. The van der Waals surface area contributed by atoms with Crippen molar-refractivity contribution < 1.29 is 4.74 Å². The topological polar surface area (TPSA) is 21.3 Å². The average molecular weight is 239 g/mol. The standard InChI is InChI=1S/C16H17NO/c1-18-16-9-5-3-7-13(16)11-14-10-12-6-2-4-8-15(12)17-14/h2-9,14,17H,10-11H2,1H3. The predicted octanol–water partition coefficient (Wildman–Crippen LogP) is 3.27. The highest BCUT2D eigenvalue weighted by Crippen LogP contribution is 2.28. The minimum absolute atomic E-state index is 0.471. The van der Waals surface area contributed by atoms with Gasteiger partial charge in [-0.3, -0.25) is 0 Å². The van der Waals surface area contributed by atoms with E-state index in [4.69, 9.17) is 4.74 Å². The van der Waals surface area contributed by atoms with Gasteiger partial charge in [0.2, 0.25) is 0 Å². The zero-order valence-corrected chi connectivity index (χ0v) is 10.5. The third kappa shape index (κ3) is 2.06. The number of para-hydroxylation sites is 2. The van der Waals surface area contributed by atoms with E-state index in [9.17, 15) is 0 Å². The fraction of sp³-hybridized carbons (Fsp3) is 0.250. The number of hydrogen-bond donors (Lipinski definition) is 1. The highest BCUT2D eigenvalue weighted by atomic mass is 16.5. The summed E-state index contributed by atoms with van der Waals surface area (Å²) in [5.74, 6) is 0.982. The molecule has 0 spiro atoms. The molecule has 0 aromatic heterocycles. The number of hydrogen-bond acceptors (Lipinski definition) is 2. The lowest BCUT2D eigenvalue weighted by molar-refractivity contribution is 0.408. The average Bonchev–Trinajstić information content (AvgIpc) is 2.81. The second-order valence-electron chi connectivity index (χ2n) is 4.72. The van der Waals surface area contributed by atoms with Crippen molar-refractivity contribution in [3.8, 4) is 5.75 Å². The van der Waals surface area contributed by atoms with Gasteiger partial charge in [-0.1, -0.05) is 36.4 Å². The molecule has 0 aliphatic carbocycles. The normalized spacial score (nSPS) is 17.1. The van der Waals surface area contributed by atoms with Gasteiger partial charge in [-0.2, -0.15) is 0 Å². The van der Waals surface area contributed by atoms with E-state index >= 15 is 0 Å². The van der Waals surface area contributed by atoms with Gasteiger partial charge in [0, 0.05) is 11.7 Å². The first-order valence-electron chi connectivity index (χ1n) is 6.33. The van der Waals surface area contributed by atoms with Crippen LogP contribution in [0.1, 0.15) is 11.1 Å². The molecule has 0 bridgehead atoms. The van der Waals surface area contributed by atoms with Gasteiger partial charge in [0.15, 0.2) is 0 Å². The van der Waals surface area contributed by atoms with Crippen LogP contribution in [-0.4, -0.2) is 13.2 Å². The van der Waals surface area contributed by atoms with Crippen molar-refractivity contribution in [1.29, 1.82) is 0 Å². The van der Waals surface area contributed by atoms with E-state index in [-0.39, 0.29) is 0 Å². The van der Waals surface area contributed by atoms with Gasteiger partial charge in [0.05, 0.1) is 7.11 Å². The summed E-state index contributed by atoms with van der Waals surface area (Å²) in [7, 11) is 1.73. The number of fused-ring (bicyclic) bond motifs is 1. The second kappa shape index (κ2) is 4.73. The zero-order chi connectivity index (χ0) is 12.4. The third-order valence-electron chi connectivity index (χ3n) is 3.50. The first-order valence-corrected chi connectivity index (χ1v) is 6.33. The summed E-state index contributed by atoms with van der Waals surface area (Å²) < 4.78 is 5.40. The van der Waals surface area contributed by atoms with Gasteiger partial charge in [0.1, 0.15) is 5.75 Å². The Morgan fingerprint density at radius 2 is 1.89 bits per heavy atom. The number of ether oxygens (including phenoxy) is 1. The molecule has 2 aromatic rings. The van der Waals surface area contributed by atoms with Crippen LogP contribution in [-0.2, 0) is 12.8 Å². The van der Waals surface area contributed by atoms with Crippen LogP contribution in [0.4, 0.5) is 5.69 Å². The summed E-state index contributed by atoms with van der Waals surface area (Å²) in [5.41, 5.74) is 3.96.